The number of carbonyl (C=O) groups excluding carboxylic acids is 3. The third kappa shape index (κ3) is 10.2. The predicted octanol–water partition coefficient (Wildman–Crippen LogP) is 2.78. The molecule has 0 spiro atoms. The van der Waals surface area contributed by atoms with Gasteiger partial charge in [0.2, 0.25) is 0 Å². The summed E-state index contributed by atoms with van der Waals surface area (Å²) in [6.07, 6.45) is -1.87. The average molecular weight is 566 g/mol. The lowest BCUT2D eigenvalue weighted by Gasteiger charge is -2.43. The Morgan fingerprint density at radius 2 is 1.68 bits per heavy atom. The Morgan fingerprint density at radius 1 is 1.10 bits per heavy atom. The molecule has 0 aromatic heterocycles. The van der Waals surface area contributed by atoms with E-state index in [1.165, 1.54) is 20.8 Å². The predicted molar refractivity (Wildman–Crippen MR) is 125 cm³/mol. The molecule has 0 aliphatic carbocycles. The van der Waals surface area contributed by atoms with E-state index in [2.05, 4.69) is 37.7 Å². The van der Waals surface area contributed by atoms with Gasteiger partial charge in [-0.3, -0.25) is 14.4 Å². The molecule has 1 aliphatic heterocycles. The Bertz CT molecular complexity index is 723. The molecule has 0 N–H and O–H groups in total. The van der Waals surface area contributed by atoms with Crippen LogP contribution in [0.1, 0.15) is 27.2 Å². The van der Waals surface area contributed by atoms with Crippen molar-refractivity contribution in [3.63, 3.8) is 0 Å². The van der Waals surface area contributed by atoms with E-state index < -0.39 is 60.6 Å². The Hall–Kier alpha value is -1.42. The van der Waals surface area contributed by atoms with Crippen LogP contribution < -0.4 is 0 Å². The smallest absolute Gasteiger partial charge is 0.303 e. The van der Waals surface area contributed by atoms with Gasteiger partial charge in [0, 0.05) is 27.2 Å². The fraction of sp³-hybridized carbons (Fsp3) is 0.667. The molecule has 0 bridgehead atoms. The van der Waals surface area contributed by atoms with Crippen molar-refractivity contribution in [1.82, 2.24) is 0 Å². The molecule has 1 fully saturated rings. The number of rotatable bonds is 8. The van der Waals surface area contributed by atoms with E-state index in [9.17, 15) is 14.4 Å². The highest BCUT2D eigenvalue weighted by Gasteiger charge is 2.50. The second-order valence-electron chi connectivity index (χ2n) is 8.11. The first-order valence-electron chi connectivity index (χ1n) is 9.90. The molecule has 1 rings (SSSR count). The first-order chi connectivity index (χ1) is 14.3. The second kappa shape index (κ2) is 12.6. The van der Waals surface area contributed by atoms with Crippen LogP contribution in [0, 0.1) is 11.5 Å². The first kappa shape index (κ1) is 27.6. The molecular formula is C21H31IO8Si. The number of hydrogen-bond acceptors (Lipinski definition) is 8. The quantitative estimate of drug-likeness (QED) is 0.0842. The van der Waals surface area contributed by atoms with Gasteiger partial charge in [-0.15, -0.1) is 12.1 Å². The Morgan fingerprint density at radius 3 is 2.16 bits per heavy atom. The van der Waals surface area contributed by atoms with Gasteiger partial charge < -0.3 is 23.7 Å². The van der Waals surface area contributed by atoms with Gasteiger partial charge in [-0.2, -0.15) is 0 Å². The number of halogens is 1. The van der Waals surface area contributed by atoms with Gasteiger partial charge in [-0.1, -0.05) is 54.2 Å². The number of ether oxygens (including phenoxy) is 5. The van der Waals surface area contributed by atoms with E-state index in [1.807, 2.05) is 22.6 Å². The molecule has 10 heteroatoms. The van der Waals surface area contributed by atoms with E-state index in [0.29, 0.717) is 6.42 Å². The van der Waals surface area contributed by atoms with Gasteiger partial charge in [0.25, 0.3) is 0 Å². The standard InChI is InChI=1S/C21H31IO8Si/c1-8-9-16(10-11-31(5,6)7)29-21-18(22)20(28-15(4)25)19(27-14(3)24)17(30-21)12-26-13(2)23/h8,16-21H,1,9,12H2,2-7H3/t16-,17+,18-,19+,20+,21-/m0/s1. The maximum absolute atomic E-state index is 11.7. The fourth-order valence-electron chi connectivity index (χ4n) is 2.73. The molecule has 174 valence electrons. The Kier molecular flexibility index (Phi) is 11.2. The number of carbonyl (C=O) groups is 3. The largest absolute Gasteiger partial charge is 0.463 e. The maximum Gasteiger partial charge on any atom is 0.303 e. The van der Waals surface area contributed by atoms with Gasteiger partial charge in [-0.25, -0.2) is 0 Å². The second-order valence-corrected chi connectivity index (χ2v) is 14.3. The molecule has 0 radical (unpaired) electrons. The number of hydrogen-bond donors (Lipinski definition) is 0. The molecule has 1 heterocycles. The molecule has 1 aliphatic rings. The summed E-state index contributed by atoms with van der Waals surface area (Å²) < 4.78 is 27.6. The zero-order valence-corrected chi connectivity index (χ0v) is 22.0. The summed E-state index contributed by atoms with van der Waals surface area (Å²) in [6.45, 7) is 13.7. The van der Waals surface area contributed by atoms with E-state index in [4.69, 9.17) is 23.7 Å². The Balaban J connectivity index is 3.21. The lowest BCUT2D eigenvalue weighted by Crippen LogP contribution is -2.60. The van der Waals surface area contributed by atoms with Crippen LogP contribution in [-0.2, 0) is 38.1 Å². The van der Waals surface area contributed by atoms with Gasteiger partial charge >= 0.3 is 17.9 Å². The van der Waals surface area contributed by atoms with Crippen LogP contribution in [0.15, 0.2) is 12.7 Å². The summed E-state index contributed by atoms with van der Waals surface area (Å²) in [5.74, 6) is 1.51. The lowest BCUT2D eigenvalue weighted by molar-refractivity contribution is -0.265. The summed E-state index contributed by atoms with van der Waals surface area (Å²) >= 11 is 2.04. The van der Waals surface area contributed by atoms with Crippen LogP contribution in [0.3, 0.4) is 0 Å². The van der Waals surface area contributed by atoms with E-state index in [0.717, 1.165) is 0 Å². The molecule has 8 nitrogen and oxygen atoms in total. The molecule has 6 atom stereocenters. The Labute approximate surface area is 198 Å². The minimum absolute atomic E-state index is 0.193. The van der Waals surface area contributed by atoms with Gasteiger partial charge in [0.05, 0.1) is 0 Å². The SMILES string of the molecule is C=CC[C@@H](C#C[Si](C)(C)C)O[C@H]1O[C@H](COC(C)=O)[C@@H](OC(C)=O)[C@H](OC(C)=O)[C@@H]1I. The summed E-state index contributed by atoms with van der Waals surface area (Å²) in [5.41, 5.74) is 3.27. The van der Waals surface area contributed by atoms with E-state index >= 15 is 0 Å². The van der Waals surface area contributed by atoms with Crippen molar-refractivity contribution in [2.24, 2.45) is 0 Å². The van der Waals surface area contributed by atoms with E-state index in [1.54, 1.807) is 6.08 Å². The molecule has 0 saturated carbocycles. The highest BCUT2D eigenvalue weighted by atomic mass is 127. The normalized spacial score (nSPS) is 26.6. The van der Waals surface area contributed by atoms with Crippen molar-refractivity contribution >= 4 is 48.6 Å². The zero-order valence-electron chi connectivity index (χ0n) is 18.8. The molecule has 0 aromatic rings. The minimum atomic E-state index is -1.64. The van der Waals surface area contributed by atoms with Crippen molar-refractivity contribution in [3.05, 3.63) is 12.7 Å². The summed E-state index contributed by atoms with van der Waals surface area (Å²) in [5, 5.41) is 0. The molecule has 0 aromatic carbocycles. The summed E-state index contributed by atoms with van der Waals surface area (Å²) in [7, 11) is -1.64. The molecule has 31 heavy (non-hydrogen) atoms. The van der Waals surface area contributed by atoms with Crippen molar-refractivity contribution in [2.75, 3.05) is 6.61 Å². The summed E-state index contributed by atoms with van der Waals surface area (Å²) in [4.78, 5) is 34.7. The van der Waals surface area contributed by atoms with Crippen molar-refractivity contribution in [3.8, 4) is 11.5 Å². The lowest BCUT2D eigenvalue weighted by atomic mass is 10.0. The number of esters is 3. The van der Waals surface area contributed by atoms with Crippen molar-refractivity contribution in [1.29, 1.82) is 0 Å². The highest BCUT2D eigenvalue weighted by molar-refractivity contribution is 14.1. The van der Waals surface area contributed by atoms with Crippen LogP contribution >= 0.6 is 22.6 Å². The zero-order chi connectivity index (χ0) is 23.8. The molecule has 0 amide bonds. The molecule has 0 unspecified atom stereocenters. The fourth-order valence-corrected chi connectivity index (χ4v) is 4.22. The topological polar surface area (TPSA) is 97.4 Å². The van der Waals surface area contributed by atoms with Crippen molar-refractivity contribution in [2.45, 2.75) is 81.5 Å². The van der Waals surface area contributed by atoms with Crippen molar-refractivity contribution < 1.29 is 38.1 Å². The number of alkyl halides is 1. The van der Waals surface area contributed by atoms with Crippen LogP contribution in [0.5, 0.6) is 0 Å². The first-order valence-corrected chi connectivity index (χ1v) is 14.6. The van der Waals surface area contributed by atoms with Crippen LogP contribution in [0.2, 0.25) is 19.6 Å². The third-order valence-electron chi connectivity index (χ3n) is 3.92. The van der Waals surface area contributed by atoms with Gasteiger partial charge in [-0.05, 0) is 0 Å². The summed E-state index contributed by atoms with van der Waals surface area (Å²) in [6, 6.07) is 0. The van der Waals surface area contributed by atoms with Crippen LogP contribution in [-0.4, -0.2) is 67.2 Å². The van der Waals surface area contributed by atoms with Crippen LogP contribution in [0.4, 0.5) is 0 Å². The molecular weight excluding hydrogens is 535 g/mol. The van der Waals surface area contributed by atoms with Crippen LogP contribution in [0.25, 0.3) is 0 Å². The third-order valence-corrected chi connectivity index (χ3v) is 6.11. The van der Waals surface area contributed by atoms with Gasteiger partial charge in [0.1, 0.15) is 30.8 Å². The average Bonchev–Trinajstić information content (AvgIpc) is 2.62. The minimum Gasteiger partial charge on any atom is -0.463 e. The monoisotopic (exact) mass is 566 g/mol. The highest BCUT2D eigenvalue weighted by Crippen LogP contribution is 2.33. The van der Waals surface area contributed by atoms with E-state index in [-0.39, 0.29) is 6.61 Å². The molecule has 1 saturated heterocycles. The maximum atomic E-state index is 11.7. The van der Waals surface area contributed by atoms with Gasteiger partial charge in [0.15, 0.2) is 18.5 Å².